The number of hydrogen-bond acceptors (Lipinski definition) is 4. The van der Waals surface area contributed by atoms with Crippen LogP contribution in [0.25, 0.3) is 0 Å². The summed E-state index contributed by atoms with van der Waals surface area (Å²) in [4.78, 5) is 28.6. The van der Waals surface area contributed by atoms with E-state index in [0.29, 0.717) is 29.4 Å². The summed E-state index contributed by atoms with van der Waals surface area (Å²) in [5, 5.41) is 0.589. The summed E-state index contributed by atoms with van der Waals surface area (Å²) in [6, 6.07) is 18.6. The van der Waals surface area contributed by atoms with Crippen molar-refractivity contribution in [3.63, 3.8) is 0 Å². The number of rotatable bonds is 6. The van der Waals surface area contributed by atoms with E-state index in [-0.39, 0.29) is 17.2 Å². The van der Waals surface area contributed by atoms with Gasteiger partial charge in [0.25, 0.3) is 5.91 Å². The van der Waals surface area contributed by atoms with Crippen LogP contribution in [0, 0.1) is 0 Å². The summed E-state index contributed by atoms with van der Waals surface area (Å²) >= 11 is 7.51. The van der Waals surface area contributed by atoms with Crippen LogP contribution in [-0.4, -0.2) is 34.4 Å². The van der Waals surface area contributed by atoms with E-state index in [9.17, 15) is 9.59 Å². The number of amides is 2. The summed E-state index contributed by atoms with van der Waals surface area (Å²) in [5.41, 5.74) is 2.62. The Morgan fingerprint density at radius 1 is 1.17 bits per heavy atom. The monoisotopic (exact) mass is 440 g/mol. The van der Waals surface area contributed by atoms with Gasteiger partial charge in [-0.25, -0.2) is 0 Å². The van der Waals surface area contributed by atoms with Crippen LogP contribution in [0.1, 0.15) is 32.6 Å². The second-order valence-corrected chi connectivity index (χ2v) is 8.68. The Hall–Kier alpha value is -2.70. The Bertz CT molecular complexity index is 1020. The van der Waals surface area contributed by atoms with Crippen molar-refractivity contribution in [2.45, 2.75) is 18.5 Å². The summed E-state index contributed by atoms with van der Waals surface area (Å²) < 4.78 is 5.40. The van der Waals surface area contributed by atoms with Crippen molar-refractivity contribution in [2.75, 3.05) is 12.8 Å². The maximum absolute atomic E-state index is 12.8. The van der Waals surface area contributed by atoms with E-state index >= 15 is 0 Å². The minimum absolute atomic E-state index is 0.0564. The maximum Gasteiger partial charge on any atom is 0.253 e. The summed E-state index contributed by atoms with van der Waals surface area (Å²) in [7, 11) is 1.78. The molecule has 7 heteroatoms. The van der Waals surface area contributed by atoms with E-state index < -0.39 is 0 Å². The van der Waals surface area contributed by atoms with Crippen LogP contribution in [0.15, 0.2) is 71.3 Å². The molecular formula is C23H21ClN2O3S. The lowest BCUT2D eigenvalue weighted by molar-refractivity contribution is -0.128. The first-order valence-electron chi connectivity index (χ1n) is 9.54. The molecule has 154 valence electrons. The lowest BCUT2D eigenvalue weighted by Crippen LogP contribution is -2.28. The lowest BCUT2D eigenvalue weighted by atomic mass is 10.1. The van der Waals surface area contributed by atoms with Gasteiger partial charge < -0.3 is 14.2 Å². The molecule has 1 aliphatic rings. The largest absolute Gasteiger partial charge is 0.467 e. The van der Waals surface area contributed by atoms with E-state index in [1.165, 1.54) is 0 Å². The number of furan rings is 1. The average molecular weight is 441 g/mol. The number of carbonyl (C=O) groups excluding carboxylic acids is 2. The molecule has 0 aliphatic carbocycles. The molecule has 1 atom stereocenters. The molecule has 1 fully saturated rings. The van der Waals surface area contributed by atoms with Crippen molar-refractivity contribution in [1.29, 1.82) is 0 Å². The van der Waals surface area contributed by atoms with E-state index in [4.69, 9.17) is 16.0 Å². The van der Waals surface area contributed by atoms with Gasteiger partial charge in [-0.3, -0.25) is 9.59 Å². The number of halogens is 1. The van der Waals surface area contributed by atoms with Gasteiger partial charge in [0.2, 0.25) is 5.91 Å². The van der Waals surface area contributed by atoms with Crippen LogP contribution in [0.3, 0.4) is 0 Å². The van der Waals surface area contributed by atoms with Crippen molar-refractivity contribution in [1.82, 2.24) is 9.80 Å². The highest BCUT2D eigenvalue weighted by atomic mass is 35.5. The first-order valence-corrected chi connectivity index (χ1v) is 11.0. The third kappa shape index (κ3) is 4.55. The zero-order chi connectivity index (χ0) is 21.1. The molecule has 2 heterocycles. The molecule has 1 saturated heterocycles. The van der Waals surface area contributed by atoms with Crippen LogP contribution in [0.4, 0.5) is 0 Å². The molecule has 4 rings (SSSR count). The second-order valence-electron chi connectivity index (χ2n) is 7.17. The molecule has 2 amide bonds. The van der Waals surface area contributed by atoms with Crippen LogP contribution in [-0.2, 0) is 17.9 Å². The fourth-order valence-corrected chi connectivity index (χ4v) is 4.73. The number of benzene rings is 2. The van der Waals surface area contributed by atoms with Crippen LogP contribution in [0.5, 0.6) is 0 Å². The Balaban J connectivity index is 1.44. The normalized spacial score (nSPS) is 16.1. The highest BCUT2D eigenvalue weighted by molar-refractivity contribution is 8.00. The Morgan fingerprint density at radius 3 is 2.57 bits per heavy atom. The second kappa shape index (κ2) is 8.98. The maximum atomic E-state index is 12.8. The highest BCUT2D eigenvalue weighted by Crippen LogP contribution is 2.39. The third-order valence-electron chi connectivity index (χ3n) is 5.00. The highest BCUT2D eigenvalue weighted by Gasteiger charge is 2.33. The first kappa shape index (κ1) is 20.6. The van der Waals surface area contributed by atoms with Gasteiger partial charge in [-0.1, -0.05) is 35.9 Å². The van der Waals surface area contributed by atoms with Gasteiger partial charge in [-0.15, -0.1) is 11.8 Å². The molecule has 0 saturated carbocycles. The molecule has 0 bridgehead atoms. The van der Waals surface area contributed by atoms with Crippen LogP contribution >= 0.6 is 23.4 Å². The Labute approximate surface area is 184 Å². The number of thioether (sulfide) groups is 1. The van der Waals surface area contributed by atoms with Gasteiger partial charge in [0.15, 0.2) is 0 Å². The smallest absolute Gasteiger partial charge is 0.253 e. The fourth-order valence-electron chi connectivity index (χ4n) is 3.42. The van der Waals surface area contributed by atoms with E-state index in [2.05, 4.69) is 0 Å². The molecule has 2 aromatic carbocycles. The molecule has 1 aliphatic heterocycles. The van der Waals surface area contributed by atoms with Gasteiger partial charge in [-0.2, -0.15) is 0 Å². The number of hydrogen-bond donors (Lipinski definition) is 0. The van der Waals surface area contributed by atoms with Crippen LogP contribution < -0.4 is 0 Å². The fraction of sp³-hybridized carbons (Fsp3) is 0.217. The average Bonchev–Trinajstić information content (AvgIpc) is 3.40. The Morgan fingerprint density at radius 2 is 1.90 bits per heavy atom. The minimum Gasteiger partial charge on any atom is -0.467 e. The summed E-state index contributed by atoms with van der Waals surface area (Å²) in [5.74, 6) is 1.23. The zero-order valence-corrected chi connectivity index (χ0v) is 18.0. The van der Waals surface area contributed by atoms with Gasteiger partial charge in [0.05, 0.1) is 18.6 Å². The van der Waals surface area contributed by atoms with Gasteiger partial charge in [0, 0.05) is 24.2 Å². The molecule has 0 N–H and O–H groups in total. The minimum atomic E-state index is -0.0847. The summed E-state index contributed by atoms with van der Waals surface area (Å²) in [6.45, 7) is 0.940. The number of nitrogens with zero attached hydrogens (tertiary/aromatic N) is 2. The molecule has 1 aromatic heterocycles. The van der Waals surface area contributed by atoms with E-state index in [1.807, 2.05) is 65.6 Å². The predicted molar refractivity (Wildman–Crippen MR) is 118 cm³/mol. The van der Waals surface area contributed by atoms with E-state index in [0.717, 1.165) is 16.9 Å². The molecule has 0 radical (unpaired) electrons. The quantitative estimate of drug-likeness (QED) is 0.542. The van der Waals surface area contributed by atoms with Gasteiger partial charge in [-0.05, 0) is 47.5 Å². The molecule has 0 unspecified atom stereocenters. The zero-order valence-electron chi connectivity index (χ0n) is 16.5. The van der Waals surface area contributed by atoms with Crippen molar-refractivity contribution in [2.24, 2.45) is 0 Å². The SMILES string of the molecule is CN(Cc1ccc(Cl)cc1)C(=O)c1ccc([C@@H]2SCC(=O)N2Cc2ccco2)cc1. The third-order valence-corrected chi connectivity index (χ3v) is 6.50. The van der Waals surface area contributed by atoms with Crippen molar-refractivity contribution < 1.29 is 14.0 Å². The molecule has 0 spiro atoms. The Kier molecular flexibility index (Phi) is 6.16. The topological polar surface area (TPSA) is 53.8 Å². The molecular weight excluding hydrogens is 420 g/mol. The predicted octanol–water partition coefficient (Wildman–Crippen LogP) is 4.98. The van der Waals surface area contributed by atoms with Crippen molar-refractivity contribution in [3.8, 4) is 0 Å². The van der Waals surface area contributed by atoms with Crippen LogP contribution in [0.2, 0.25) is 5.02 Å². The molecule has 3 aromatic rings. The van der Waals surface area contributed by atoms with Gasteiger partial charge in [0.1, 0.15) is 11.1 Å². The molecule has 5 nitrogen and oxygen atoms in total. The summed E-state index contributed by atoms with van der Waals surface area (Å²) in [6.07, 6.45) is 1.61. The lowest BCUT2D eigenvalue weighted by Gasteiger charge is -2.23. The number of carbonyl (C=O) groups is 2. The van der Waals surface area contributed by atoms with Gasteiger partial charge >= 0.3 is 0 Å². The standard InChI is InChI=1S/C23H21ClN2O3S/c1-25(13-16-4-10-19(24)11-5-16)22(28)17-6-8-18(9-7-17)23-26(21(27)15-30-23)14-20-3-2-12-29-20/h2-12,23H,13-15H2,1H3/t23-/m0/s1. The van der Waals surface area contributed by atoms with Crippen molar-refractivity contribution in [3.05, 3.63) is 94.4 Å². The first-order chi connectivity index (χ1) is 14.5. The van der Waals surface area contributed by atoms with Crippen molar-refractivity contribution >= 4 is 35.2 Å². The van der Waals surface area contributed by atoms with E-state index in [1.54, 1.807) is 30.0 Å². The molecule has 30 heavy (non-hydrogen) atoms.